The van der Waals surface area contributed by atoms with Crippen molar-refractivity contribution in [3.8, 4) is 22.8 Å². The molecule has 4 rings (SSSR count). The van der Waals surface area contributed by atoms with Crippen LogP contribution in [-0.4, -0.2) is 65.3 Å². The predicted octanol–water partition coefficient (Wildman–Crippen LogP) is 3.19. The van der Waals surface area contributed by atoms with E-state index in [4.69, 9.17) is 14.5 Å². The lowest BCUT2D eigenvalue weighted by Gasteiger charge is -2.28. The van der Waals surface area contributed by atoms with Gasteiger partial charge in [0.1, 0.15) is 11.5 Å². The highest BCUT2D eigenvalue weighted by molar-refractivity contribution is 5.85. The summed E-state index contributed by atoms with van der Waals surface area (Å²) in [6.45, 7) is 0.814. The first-order valence-corrected chi connectivity index (χ1v) is 10.6. The van der Waals surface area contributed by atoms with Gasteiger partial charge in [0.05, 0.1) is 56.0 Å². The maximum Gasteiger partial charge on any atom is 0.124 e. The third-order valence-electron chi connectivity index (χ3n) is 5.32. The summed E-state index contributed by atoms with van der Waals surface area (Å²) in [5.41, 5.74) is 4.87. The highest BCUT2D eigenvalue weighted by atomic mass is 35.5. The van der Waals surface area contributed by atoms with Gasteiger partial charge < -0.3 is 24.8 Å². The Balaban J connectivity index is 0.00000324. The molecule has 2 heterocycles. The lowest BCUT2D eigenvalue weighted by molar-refractivity contribution is 0.182. The Hall–Kier alpha value is -3.40. The van der Waals surface area contributed by atoms with E-state index in [0.29, 0.717) is 24.6 Å². The molecule has 2 N–H and O–H groups in total. The van der Waals surface area contributed by atoms with E-state index in [1.165, 1.54) is 0 Å². The van der Waals surface area contributed by atoms with Crippen LogP contribution in [0, 0.1) is 0 Å². The smallest absolute Gasteiger partial charge is 0.124 e. The molecule has 0 radical (unpaired) electrons. The number of fused-ring (bicyclic) bond motifs is 1. The van der Waals surface area contributed by atoms with Gasteiger partial charge in [0.2, 0.25) is 0 Å². The lowest BCUT2D eigenvalue weighted by Crippen LogP contribution is -2.35. The molecule has 0 spiro atoms. The van der Waals surface area contributed by atoms with Crippen molar-refractivity contribution >= 4 is 34.8 Å². The molecule has 0 aliphatic rings. The Morgan fingerprint density at radius 2 is 1.76 bits per heavy atom. The van der Waals surface area contributed by atoms with E-state index in [-0.39, 0.29) is 12.4 Å². The topological polar surface area (TPSA) is 97.6 Å². The molecule has 9 nitrogen and oxygen atoms in total. The van der Waals surface area contributed by atoms with Crippen LogP contribution in [0.3, 0.4) is 0 Å². The summed E-state index contributed by atoms with van der Waals surface area (Å²) in [5, 5.41) is 17.8. The molecule has 34 heavy (non-hydrogen) atoms. The van der Waals surface area contributed by atoms with Crippen LogP contribution in [0.15, 0.2) is 55.0 Å². The number of benzene rings is 2. The van der Waals surface area contributed by atoms with Gasteiger partial charge in [0.25, 0.3) is 0 Å². The number of rotatable bonds is 9. The van der Waals surface area contributed by atoms with Gasteiger partial charge in [-0.05, 0) is 25.2 Å². The number of aryl methyl sites for hydroxylation is 1. The summed E-state index contributed by atoms with van der Waals surface area (Å²) in [6.07, 6.45) is 4.82. The van der Waals surface area contributed by atoms with E-state index < -0.39 is 6.10 Å². The average molecular weight is 485 g/mol. The minimum atomic E-state index is -0.601. The molecule has 0 bridgehead atoms. The van der Waals surface area contributed by atoms with Crippen molar-refractivity contribution in [1.29, 1.82) is 0 Å². The first-order chi connectivity index (χ1) is 16.0. The van der Waals surface area contributed by atoms with Crippen LogP contribution in [-0.2, 0) is 7.05 Å². The molecule has 1 unspecified atom stereocenters. The van der Waals surface area contributed by atoms with Crippen LogP contribution in [0.2, 0.25) is 0 Å². The maximum atomic E-state index is 10.6. The summed E-state index contributed by atoms with van der Waals surface area (Å²) in [5.74, 6) is 1.33. The zero-order valence-electron chi connectivity index (χ0n) is 19.6. The summed E-state index contributed by atoms with van der Waals surface area (Å²) < 4.78 is 12.7. The van der Waals surface area contributed by atoms with E-state index in [9.17, 15) is 5.11 Å². The van der Waals surface area contributed by atoms with Crippen molar-refractivity contribution < 1.29 is 14.6 Å². The van der Waals surface area contributed by atoms with E-state index in [0.717, 1.165) is 33.7 Å². The highest BCUT2D eigenvalue weighted by Crippen LogP contribution is 2.34. The highest BCUT2D eigenvalue weighted by Gasteiger charge is 2.18. The Morgan fingerprint density at radius 1 is 1.03 bits per heavy atom. The number of nitrogens with one attached hydrogen (secondary N) is 1. The number of aromatic nitrogens is 4. The van der Waals surface area contributed by atoms with Crippen molar-refractivity contribution in [3.63, 3.8) is 0 Å². The summed E-state index contributed by atoms with van der Waals surface area (Å²) in [7, 11) is 6.91. The number of aliphatic hydroxyl groups is 1. The van der Waals surface area contributed by atoms with Crippen molar-refractivity contribution in [2.75, 3.05) is 39.3 Å². The molecule has 2 aromatic carbocycles. The first-order valence-electron chi connectivity index (χ1n) is 10.6. The van der Waals surface area contributed by atoms with E-state index in [1.54, 1.807) is 31.3 Å². The van der Waals surface area contributed by atoms with Gasteiger partial charge >= 0.3 is 0 Å². The van der Waals surface area contributed by atoms with Gasteiger partial charge in [-0.3, -0.25) is 9.67 Å². The largest absolute Gasteiger partial charge is 0.497 e. The van der Waals surface area contributed by atoms with Gasteiger partial charge in [0.15, 0.2) is 0 Å². The molecule has 0 aliphatic carbocycles. The number of hydrogen-bond donors (Lipinski definition) is 2. The second-order valence-corrected chi connectivity index (χ2v) is 7.72. The minimum Gasteiger partial charge on any atom is -0.497 e. The second-order valence-electron chi connectivity index (χ2n) is 7.72. The number of likely N-dealkylation sites (N-methyl/N-ethyl adjacent to an activating group) is 1. The number of halogens is 1. The molecule has 0 saturated heterocycles. The normalized spacial score (nSPS) is 11.7. The van der Waals surface area contributed by atoms with Crippen molar-refractivity contribution in [3.05, 3.63) is 55.0 Å². The predicted molar refractivity (Wildman–Crippen MR) is 135 cm³/mol. The summed E-state index contributed by atoms with van der Waals surface area (Å²) in [6, 6.07) is 11.5. The Morgan fingerprint density at radius 3 is 2.38 bits per heavy atom. The number of hydrogen-bond acceptors (Lipinski definition) is 8. The van der Waals surface area contributed by atoms with Gasteiger partial charge in [-0.2, -0.15) is 5.10 Å². The SMILES string of the molecule is CNCC(O)CN(c1cc(OC)cc(OC)c1)c1ccc2ncc(-c3cnn(C)c3)nc2c1.Cl. The minimum absolute atomic E-state index is 0. The fourth-order valence-corrected chi connectivity index (χ4v) is 3.68. The molecule has 180 valence electrons. The maximum absolute atomic E-state index is 10.6. The molecule has 0 aliphatic heterocycles. The van der Waals surface area contributed by atoms with Crippen LogP contribution in [0.25, 0.3) is 22.3 Å². The molecule has 0 fully saturated rings. The standard InChI is InChI=1S/C24H28N6O3.ClH/c1-25-12-19(31)15-30(18-7-20(32-3)10-21(8-18)33-4)17-5-6-22-23(9-17)28-24(13-26-22)16-11-27-29(2)14-16;/h5-11,13-14,19,25,31H,12,15H2,1-4H3;1H. The van der Waals surface area contributed by atoms with E-state index in [2.05, 4.69) is 15.4 Å². The molecular weight excluding hydrogens is 456 g/mol. The van der Waals surface area contributed by atoms with Crippen molar-refractivity contribution in [2.24, 2.45) is 7.05 Å². The fourth-order valence-electron chi connectivity index (χ4n) is 3.68. The van der Waals surface area contributed by atoms with Crippen LogP contribution < -0.4 is 19.7 Å². The monoisotopic (exact) mass is 484 g/mol. The second kappa shape index (κ2) is 11.1. The molecule has 4 aromatic rings. The number of ether oxygens (including phenoxy) is 2. The lowest BCUT2D eigenvalue weighted by atomic mass is 10.1. The Labute approximate surface area is 204 Å². The van der Waals surface area contributed by atoms with Gasteiger partial charge in [-0.15, -0.1) is 12.4 Å². The van der Waals surface area contributed by atoms with Crippen LogP contribution in [0.1, 0.15) is 0 Å². The van der Waals surface area contributed by atoms with E-state index in [1.807, 2.05) is 61.6 Å². The quantitative estimate of drug-likeness (QED) is 0.374. The number of nitrogens with zero attached hydrogens (tertiary/aromatic N) is 5. The summed E-state index contributed by atoms with van der Waals surface area (Å²) in [4.78, 5) is 11.4. The van der Waals surface area contributed by atoms with Crippen LogP contribution in [0.5, 0.6) is 11.5 Å². The Bertz CT molecular complexity index is 1230. The molecule has 0 saturated carbocycles. The zero-order chi connectivity index (χ0) is 23.4. The average Bonchev–Trinajstić information content (AvgIpc) is 3.27. The van der Waals surface area contributed by atoms with Crippen LogP contribution >= 0.6 is 12.4 Å². The fraction of sp³-hybridized carbons (Fsp3) is 0.292. The van der Waals surface area contributed by atoms with E-state index >= 15 is 0 Å². The van der Waals surface area contributed by atoms with Crippen LogP contribution in [0.4, 0.5) is 11.4 Å². The first kappa shape index (κ1) is 25.2. The number of anilines is 2. The third-order valence-corrected chi connectivity index (χ3v) is 5.32. The molecule has 1 atom stereocenters. The van der Waals surface area contributed by atoms with Crippen molar-refractivity contribution in [2.45, 2.75) is 6.10 Å². The van der Waals surface area contributed by atoms with Gasteiger partial charge in [-0.25, -0.2) is 4.98 Å². The number of aliphatic hydroxyl groups excluding tert-OH is 1. The Kier molecular flexibility index (Phi) is 8.27. The van der Waals surface area contributed by atoms with Crippen molar-refractivity contribution in [1.82, 2.24) is 25.1 Å². The molecule has 0 amide bonds. The summed E-state index contributed by atoms with van der Waals surface area (Å²) >= 11 is 0. The molecule has 10 heteroatoms. The molecular formula is C24H29ClN6O3. The van der Waals surface area contributed by atoms with Gasteiger partial charge in [-0.1, -0.05) is 0 Å². The van der Waals surface area contributed by atoms with Gasteiger partial charge in [0, 0.05) is 54.9 Å². The zero-order valence-corrected chi connectivity index (χ0v) is 20.4. The third kappa shape index (κ3) is 5.56. The number of methoxy groups -OCH3 is 2. The molecule has 2 aromatic heterocycles.